The second kappa shape index (κ2) is 13.8. The van der Waals surface area contributed by atoms with Gasteiger partial charge in [-0.05, 0) is 53.1 Å². The normalized spacial score (nSPS) is 12.2. The first-order valence-corrected chi connectivity index (χ1v) is 12.9. The number of para-hydroxylation sites is 1. The quantitative estimate of drug-likeness (QED) is 0.290. The first kappa shape index (κ1) is 28.1. The molecule has 2 N–H and O–H groups in total. The maximum Gasteiger partial charge on any atom is 0.245 e. The Kier molecular flexibility index (Phi) is 9.67. The third-order valence-corrected chi connectivity index (χ3v) is 6.28. The minimum absolute atomic E-state index is 0.0154. The Balaban J connectivity index is 1.47. The molecule has 1 heterocycles. The molecule has 0 bridgehead atoms. The van der Waals surface area contributed by atoms with E-state index in [0.29, 0.717) is 30.9 Å². The van der Waals surface area contributed by atoms with Gasteiger partial charge in [0, 0.05) is 11.3 Å². The van der Waals surface area contributed by atoms with Gasteiger partial charge in [-0.15, -0.1) is 5.10 Å². The van der Waals surface area contributed by atoms with Gasteiger partial charge in [-0.25, -0.2) is 4.68 Å². The molecular formula is C30H30N8O2. The summed E-state index contributed by atoms with van der Waals surface area (Å²) >= 11 is 0. The predicted molar refractivity (Wildman–Crippen MR) is 149 cm³/mol. The summed E-state index contributed by atoms with van der Waals surface area (Å²) in [6, 6.07) is 27.0. The van der Waals surface area contributed by atoms with Crippen LogP contribution in [0.15, 0.2) is 78.9 Å². The number of nitrogens with zero attached hydrogens (tertiary/aromatic N) is 7. The lowest BCUT2D eigenvalue weighted by molar-refractivity contribution is -0.120. The Labute approximate surface area is 233 Å². The van der Waals surface area contributed by atoms with Crippen LogP contribution in [0.4, 0.5) is 5.69 Å². The van der Waals surface area contributed by atoms with Crippen molar-refractivity contribution in [2.24, 2.45) is 5.73 Å². The van der Waals surface area contributed by atoms with E-state index in [1.54, 1.807) is 16.8 Å². The van der Waals surface area contributed by atoms with E-state index in [1.807, 2.05) is 73.7 Å². The van der Waals surface area contributed by atoms with Crippen LogP contribution in [-0.2, 0) is 29.1 Å². The molecule has 0 saturated heterocycles. The van der Waals surface area contributed by atoms with Gasteiger partial charge >= 0.3 is 0 Å². The predicted octanol–water partition coefficient (Wildman–Crippen LogP) is 3.57. The van der Waals surface area contributed by atoms with Crippen molar-refractivity contribution in [2.75, 3.05) is 11.5 Å². The lowest BCUT2D eigenvalue weighted by Gasteiger charge is -2.30. The van der Waals surface area contributed by atoms with Crippen molar-refractivity contribution in [2.45, 2.75) is 45.0 Å². The highest BCUT2D eigenvalue weighted by atomic mass is 16.5. The summed E-state index contributed by atoms with van der Waals surface area (Å²) in [7, 11) is 0. The van der Waals surface area contributed by atoms with Crippen molar-refractivity contribution in [3.05, 3.63) is 95.6 Å². The molecule has 40 heavy (non-hydrogen) atoms. The van der Waals surface area contributed by atoms with Crippen molar-refractivity contribution in [3.63, 3.8) is 0 Å². The smallest absolute Gasteiger partial charge is 0.245 e. The summed E-state index contributed by atoms with van der Waals surface area (Å²) in [4.78, 5) is 15.0. The Morgan fingerprint density at radius 3 is 2.58 bits per heavy atom. The average Bonchev–Trinajstić information content (AvgIpc) is 3.45. The van der Waals surface area contributed by atoms with Crippen LogP contribution in [0.3, 0.4) is 0 Å². The molecule has 0 aliphatic rings. The summed E-state index contributed by atoms with van der Waals surface area (Å²) in [6.45, 7) is 2.57. The first-order chi connectivity index (χ1) is 19.5. The van der Waals surface area contributed by atoms with E-state index >= 15 is 0 Å². The number of benzene rings is 3. The van der Waals surface area contributed by atoms with Crippen LogP contribution in [0.2, 0.25) is 0 Å². The lowest BCUT2D eigenvalue weighted by atomic mass is 10.0. The molecule has 0 fully saturated rings. The van der Waals surface area contributed by atoms with Gasteiger partial charge in [0.1, 0.15) is 6.04 Å². The minimum Gasteiger partial charge on any atom is -0.373 e. The van der Waals surface area contributed by atoms with Crippen LogP contribution in [0.5, 0.6) is 0 Å². The number of aromatic nitrogens is 4. The number of ether oxygens (including phenoxy) is 1. The molecule has 0 radical (unpaired) electrons. The van der Waals surface area contributed by atoms with E-state index in [1.165, 1.54) is 4.90 Å². The van der Waals surface area contributed by atoms with E-state index in [-0.39, 0.29) is 19.1 Å². The van der Waals surface area contributed by atoms with E-state index in [2.05, 4.69) is 27.7 Å². The van der Waals surface area contributed by atoms with Crippen molar-refractivity contribution in [3.8, 4) is 23.5 Å². The van der Waals surface area contributed by atoms with Gasteiger partial charge in [0.2, 0.25) is 5.91 Å². The highest BCUT2D eigenvalue weighted by molar-refractivity contribution is 5.98. The van der Waals surface area contributed by atoms with Gasteiger partial charge in [0.15, 0.2) is 5.82 Å². The van der Waals surface area contributed by atoms with Gasteiger partial charge in [0.25, 0.3) is 0 Å². The number of nitrogens with two attached hydrogens (primary N) is 1. The fraction of sp³-hybridized carbons (Fsp3) is 0.267. The zero-order valence-electron chi connectivity index (χ0n) is 22.2. The fourth-order valence-corrected chi connectivity index (χ4v) is 4.38. The van der Waals surface area contributed by atoms with Crippen LogP contribution >= 0.6 is 0 Å². The molecule has 202 valence electrons. The number of anilines is 1. The molecule has 1 amide bonds. The summed E-state index contributed by atoms with van der Waals surface area (Å²) in [6.07, 6.45) is 0.644. The van der Waals surface area contributed by atoms with Crippen LogP contribution in [0.25, 0.3) is 11.4 Å². The number of amides is 1. The number of aryl methyl sites for hydroxylation is 2. The molecule has 4 aromatic rings. The number of tetrazole rings is 1. The topological polar surface area (TPSA) is 147 Å². The van der Waals surface area contributed by atoms with Gasteiger partial charge in [-0.3, -0.25) is 9.69 Å². The zero-order valence-corrected chi connectivity index (χ0v) is 22.2. The third-order valence-electron chi connectivity index (χ3n) is 6.28. The van der Waals surface area contributed by atoms with E-state index in [4.69, 9.17) is 15.7 Å². The SMILES string of the molecule is Cc1cccc(C[C@H](N)C(=O)N(c2ccccc2)C(C#N)COCc2cccc(-c3nnnn3CCC#N)c2)c1. The first-order valence-electron chi connectivity index (χ1n) is 12.9. The van der Waals surface area contributed by atoms with E-state index in [9.17, 15) is 10.1 Å². The van der Waals surface area contributed by atoms with Crippen LogP contribution in [-0.4, -0.2) is 44.8 Å². The molecule has 3 aromatic carbocycles. The molecule has 10 heteroatoms. The third kappa shape index (κ3) is 7.14. The monoisotopic (exact) mass is 534 g/mol. The van der Waals surface area contributed by atoms with Crippen molar-refractivity contribution >= 4 is 11.6 Å². The van der Waals surface area contributed by atoms with Crippen LogP contribution < -0.4 is 10.6 Å². The number of hydrogen-bond acceptors (Lipinski definition) is 8. The number of nitriles is 2. The molecule has 1 unspecified atom stereocenters. The lowest BCUT2D eigenvalue weighted by Crippen LogP contribution is -2.51. The Bertz CT molecular complexity index is 1510. The maximum absolute atomic E-state index is 13.6. The Morgan fingerprint density at radius 2 is 1.82 bits per heavy atom. The molecular weight excluding hydrogens is 504 g/mol. The highest BCUT2D eigenvalue weighted by Gasteiger charge is 2.29. The number of carbonyl (C=O) groups excluding carboxylic acids is 1. The van der Waals surface area contributed by atoms with Gasteiger partial charge in [-0.2, -0.15) is 10.5 Å². The van der Waals surface area contributed by atoms with Crippen LogP contribution in [0, 0.1) is 29.6 Å². The fourth-order valence-electron chi connectivity index (χ4n) is 4.38. The molecule has 10 nitrogen and oxygen atoms in total. The number of hydrogen-bond donors (Lipinski definition) is 1. The number of rotatable bonds is 12. The maximum atomic E-state index is 13.6. The van der Waals surface area contributed by atoms with E-state index < -0.39 is 12.1 Å². The highest BCUT2D eigenvalue weighted by Crippen LogP contribution is 2.21. The van der Waals surface area contributed by atoms with Gasteiger partial charge in [-0.1, -0.05) is 66.2 Å². The van der Waals surface area contributed by atoms with Gasteiger partial charge in [0.05, 0.1) is 44.4 Å². The average molecular weight is 535 g/mol. The minimum atomic E-state index is -0.889. The number of carbonyl (C=O) groups is 1. The summed E-state index contributed by atoms with van der Waals surface area (Å²) in [5.41, 5.74) is 10.6. The second-order valence-electron chi connectivity index (χ2n) is 9.34. The van der Waals surface area contributed by atoms with Crippen LogP contribution in [0.1, 0.15) is 23.1 Å². The Morgan fingerprint density at radius 1 is 1.05 bits per heavy atom. The largest absolute Gasteiger partial charge is 0.373 e. The molecule has 1 aromatic heterocycles. The molecule has 2 atom stereocenters. The summed E-state index contributed by atoms with van der Waals surface area (Å²) in [5, 5.41) is 30.7. The van der Waals surface area contributed by atoms with Crippen molar-refractivity contribution in [1.82, 2.24) is 20.2 Å². The Hall–Kier alpha value is -4.90. The van der Waals surface area contributed by atoms with E-state index in [0.717, 1.165) is 22.3 Å². The standard InChI is InChI=1S/C30H30N8O2/c1-22-8-5-9-23(16-22)18-28(33)30(39)38(26-12-3-2-4-13-26)27(19-32)21-40-20-24-10-6-11-25(17-24)29-34-35-36-37(29)15-7-14-31/h2-6,8-13,16-17,27-28H,7,15,18,20-21,33H2,1H3/t27?,28-/m0/s1. The zero-order chi connectivity index (χ0) is 28.3. The van der Waals surface area contributed by atoms with Crippen molar-refractivity contribution < 1.29 is 9.53 Å². The summed E-state index contributed by atoms with van der Waals surface area (Å²) < 4.78 is 7.53. The summed E-state index contributed by atoms with van der Waals surface area (Å²) in [5.74, 6) is 0.199. The molecule has 0 aliphatic heterocycles. The molecule has 0 saturated carbocycles. The second-order valence-corrected chi connectivity index (χ2v) is 9.34. The van der Waals surface area contributed by atoms with Crippen molar-refractivity contribution in [1.29, 1.82) is 10.5 Å². The molecule has 4 rings (SSSR count). The molecule has 0 spiro atoms. The van der Waals surface area contributed by atoms with Gasteiger partial charge < -0.3 is 10.5 Å². The molecule has 0 aliphatic carbocycles.